The number of rotatable bonds is 10. The zero-order valence-electron chi connectivity index (χ0n) is 29.3. The van der Waals surface area contributed by atoms with Crippen molar-refractivity contribution in [2.24, 2.45) is 10.8 Å². The van der Waals surface area contributed by atoms with Crippen LogP contribution >= 0.6 is 31.8 Å². The molecular formula is C36H41Cl2N6O7P. The number of aromatic nitrogens is 2. The van der Waals surface area contributed by atoms with Crippen LogP contribution in [0.15, 0.2) is 24.5 Å². The predicted octanol–water partition coefficient (Wildman–Crippen LogP) is 5.71. The maximum Gasteiger partial charge on any atom is 0.415 e. The highest BCUT2D eigenvalue weighted by atomic mass is 35.5. The van der Waals surface area contributed by atoms with Gasteiger partial charge in [0.25, 0.3) is 0 Å². The molecule has 276 valence electrons. The van der Waals surface area contributed by atoms with Gasteiger partial charge < -0.3 is 49.0 Å². The van der Waals surface area contributed by atoms with Crippen LogP contribution in [0.4, 0.5) is 16.2 Å². The first-order valence-corrected chi connectivity index (χ1v) is 19.6. The predicted molar refractivity (Wildman–Crippen MR) is 201 cm³/mol. The van der Waals surface area contributed by atoms with Gasteiger partial charge in [-0.15, -0.1) is 23.2 Å². The molecule has 2 atom stereocenters. The van der Waals surface area contributed by atoms with E-state index in [1.165, 1.54) is 4.90 Å². The molecule has 2 unspecified atom stereocenters. The fraction of sp³-hybridized carbons (Fsp3) is 0.472. The van der Waals surface area contributed by atoms with Crippen LogP contribution < -0.4 is 24.4 Å². The topological polar surface area (TPSA) is 163 Å². The van der Waals surface area contributed by atoms with Crippen molar-refractivity contribution in [2.45, 2.75) is 44.9 Å². The van der Waals surface area contributed by atoms with Crippen LogP contribution in [0.3, 0.4) is 0 Å². The number of alkyl halides is 2. The molecule has 5 aliphatic rings. The summed E-state index contributed by atoms with van der Waals surface area (Å²) in [5.74, 6) is 0.826. The van der Waals surface area contributed by atoms with Crippen LogP contribution in [0.5, 0.6) is 11.5 Å². The first-order valence-electron chi connectivity index (χ1n) is 17.4. The summed E-state index contributed by atoms with van der Waals surface area (Å²) in [5.41, 5.74) is 5.04. The third kappa shape index (κ3) is 5.15. The normalized spacial score (nSPS) is 24.2. The van der Waals surface area contributed by atoms with Crippen molar-refractivity contribution in [2.75, 3.05) is 61.8 Å². The smallest absolute Gasteiger partial charge is 0.415 e. The standard InChI is InChI=1S/C36H41Cl2N6O7P/c1-18-11-40-30-24(50-34(47)42(4)6-5-39-3)7-22-28(26(18)30)20(9-37)13-43(22)32(45)35-15-36(16-35,17-35)33(46)44-14-21(10-38)29-23(44)8-25(51-52(48)49)31-27(29)19(2)12-41-31/h7-8,11-12,20-21,39-41,48-49H,5-6,9-10,13-17H2,1-4H3. The van der Waals surface area contributed by atoms with Gasteiger partial charge in [-0.1, -0.05) is 0 Å². The van der Waals surface area contributed by atoms with Crippen molar-refractivity contribution >= 4 is 82.9 Å². The zero-order valence-corrected chi connectivity index (χ0v) is 31.7. The summed E-state index contributed by atoms with van der Waals surface area (Å²) in [4.78, 5) is 73.0. The van der Waals surface area contributed by atoms with E-state index in [1.807, 2.05) is 33.3 Å². The molecule has 2 aromatic heterocycles. The van der Waals surface area contributed by atoms with E-state index in [0.29, 0.717) is 85.4 Å². The minimum absolute atomic E-state index is 0.0490. The molecule has 9 rings (SSSR count). The minimum Gasteiger partial charge on any atom is -0.425 e. The molecule has 16 heteroatoms. The van der Waals surface area contributed by atoms with Crippen LogP contribution in [0.2, 0.25) is 0 Å². The van der Waals surface area contributed by atoms with Crippen molar-refractivity contribution in [3.63, 3.8) is 0 Å². The van der Waals surface area contributed by atoms with E-state index in [4.69, 9.17) is 32.5 Å². The number of amides is 3. The lowest BCUT2D eigenvalue weighted by molar-refractivity contribution is -0.204. The molecule has 0 saturated heterocycles. The number of benzene rings is 2. The van der Waals surface area contributed by atoms with Gasteiger partial charge in [-0.05, 0) is 62.4 Å². The first-order chi connectivity index (χ1) is 24.9. The fourth-order valence-corrected chi connectivity index (χ4v) is 10.1. The summed E-state index contributed by atoms with van der Waals surface area (Å²) < 4.78 is 11.3. The number of anilines is 2. The van der Waals surface area contributed by atoms with E-state index in [-0.39, 0.29) is 29.4 Å². The van der Waals surface area contributed by atoms with Crippen molar-refractivity contribution in [1.29, 1.82) is 0 Å². The Labute approximate surface area is 311 Å². The summed E-state index contributed by atoms with van der Waals surface area (Å²) in [7, 11) is 0.798. The van der Waals surface area contributed by atoms with Gasteiger partial charge in [0.05, 0.1) is 33.2 Å². The molecule has 2 aliphatic heterocycles. The number of halogens is 2. The molecule has 0 spiro atoms. The zero-order chi connectivity index (χ0) is 36.9. The summed E-state index contributed by atoms with van der Waals surface area (Å²) in [6.45, 7) is 5.76. The number of hydrogen-bond acceptors (Lipinski definition) is 8. The molecule has 3 saturated carbocycles. The van der Waals surface area contributed by atoms with Crippen LogP contribution in [0.25, 0.3) is 21.8 Å². The highest BCUT2D eigenvalue weighted by molar-refractivity contribution is 7.39. The highest BCUT2D eigenvalue weighted by Crippen LogP contribution is 2.75. The summed E-state index contributed by atoms with van der Waals surface area (Å²) in [5, 5.41) is 4.79. The first kappa shape index (κ1) is 35.4. The summed E-state index contributed by atoms with van der Waals surface area (Å²) >= 11 is 13.0. The number of aryl methyl sites for hydroxylation is 2. The van der Waals surface area contributed by atoms with Crippen molar-refractivity contribution in [3.05, 3.63) is 46.8 Å². The Morgan fingerprint density at radius 3 is 1.85 bits per heavy atom. The van der Waals surface area contributed by atoms with Gasteiger partial charge >= 0.3 is 14.7 Å². The van der Waals surface area contributed by atoms with Crippen molar-refractivity contribution in [3.8, 4) is 11.5 Å². The molecule has 4 heterocycles. The van der Waals surface area contributed by atoms with Crippen molar-refractivity contribution < 1.29 is 33.4 Å². The van der Waals surface area contributed by atoms with Gasteiger partial charge in [0, 0.05) is 92.1 Å². The average Bonchev–Trinajstić information content (AvgIpc) is 3.84. The number of carbonyl (C=O) groups is 3. The Hall–Kier alpha value is -3.58. The Kier molecular flexibility index (Phi) is 8.71. The number of likely N-dealkylation sites (N-methyl/N-ethyl adjacent to an activating group) is 2. The van der Waals surface area contributed by atoms with E-state index in [2.05, 4.69) is 15.3 Å². The maximum atomic E-state index is 14.6. The van der Waals surface area contributed by atoms with E-state index in [1.54, 1.807) is 29.0 Å². The van der Waals surface area contributed by atoms with Crippen LogP contribution in [0.1, 0.15) is 53.4 Å². The van der Waals surface area contributed by atoms with Crippen LogP contribution in [-0.2, 0) is 9.59 Å². The Morgan fingerprint density at radius 1 is 0.904 bits per heavy atom. The lowest BCUT2D eigenvalue weighted by Gasteiger charge is -2.69. The number of hydrogen-bond donors (Lipinski definition) is 5. The van der Waals surface area contributed by atoms with Crippen molar-refractivity contribution in [1.82, 2.24) is 20.2 Å². The van der Waals surface area contributed by atoms with Gasteiger partial charge in [0.15, 0.2) is 11.5 Å². The third-order valence-electron chi connectivity index (χ3n) is 11.7. The molecule has 5 N–H and O–H groups in total. The van der Waals surface area contributed by atoms with E-state index < -0.39 is 25.5 Å². The number of H-pyrrole nitrogens is 2. The molecule has 2 bridgehead atoms. The number of nitrogens with zero attached hydrogens (tertiary/aromatic N) is 3. The largest absolute Gasteiger partial charge is 0.425 e. The number of carbonyl (C=O) groups excluding carboxylic acids is 3. The van der Waals surface area contributed by atoms with Gasteiger partial charge in [-0.2, -0.15) is 0 Å². The molecule has 13 nitrogen and oxygen atoms in total. The number of nitrogens with one attached hydrogen (secondary N) is 3. The molecular weight excluding hydrogens is 730 g/mol. The molecule has 0 radical (unpaired) electrons. The molecule has 3 amide bonds. The SMILES string of the molecule is CNCCN(C)C(=O)Oc1cc2c(c3c(C)c[nH]c13)C(CCl)CN2C(=O)C12CC(C(=O)N3CC(CCl)c4c3cc(OP(O)O)c3[nH]cc(C)c43)(C1)C2. The molecule has 2 aromatic carbocycles. The van der Waals surface area contributed by atoms with E-state index in [0.717, 1.165) is 33.0 Å². The second-order valence-electron chi connectivity index (χ2n) is 14.9. The Morgan fingerprint density at radius 2 is 1.38 bits per heavy atom. The molecule has 3 aliphatic carbocycles. The monoisotopic (exact) mass is 770 g/mol. The van der Waals surface area contributed by atoms with Gasteiger partial charge in [0.1, 0.15) is 0 Å². The Bertz CT molecular complexity index is 2130. The second-order valence-corrected chi connectivity index (χ2v) is 16.2. The van der Waals surface area contributed by atoms with Gasteiger partial charge in [-0.25, -0.2) is 4.79 Å². The molecule has 52 heavy (non-hydrogen) atoms. The van der Waals surface area contributed by atoms with Crippen LogP contribution in [-0.4, -0.2) is 94.6 Å². The average molecular weight is 772 g/mol. The molecule has 4 aromatic rings. The quantitative estimate of drug-likeness (QED) is 0.101. The highest BCUT2D eigenvalue weighted by Gasteiger charge is 2.76. The number of ether oxygens (including phenoxy) is 1. The summed E-state index contributed by atoms with van der Waals surface area (Å²) in [6.07, 6.45) is 4.45. The van der Waals surface area contributed by atoms with E-state index >= 15 is 0 Å². The summed E-state index contributed by atoms with van der Waals surface area (Å²) in [6, 6.07) is 3.46. The number of aromatic amines is 2. The van der Waals surface area contributed by atoms with Gasteiger partial charge in [0.2, 0.25) is 11.8 Å². The fourth-order valence-electron chi connectivity index (χ4n) is 9.26. The lowest BCUT2D eigenvalue weighted by Crippen LogP contribution is -2.73. The van der Waals surface area contributed by atoms with Gasteiger partial charge in [-0.3, -0.25) is 9.59 Å². The van der Waals surface area contributed by atoms with E-state index in [9.17, 15) is 24.2 Å². The van der Waals surface area contributed by atoms with Crippen LogP contribution in [0, 0.1) is 24.7 Å². The second kappa shape index (κ2) is 12.8. The lowest BCUT2D eigenvalue weighted by atomic mass is 9.34. The number of fused-ring (bicyclic) bond motifs is 6. The molecule has 3 fully saturated rings. The third-order valence-corrected chi connectivity index (χ3v) is 12.8. The maximum absolute atomic E-state index is 14.6. The minimum atomic E-state index is -2.69. The Balaban J connectivity index is 1.07.